The predicted octanol–water partition coefficient (Wildman–Crippen LogP) is 0.407. The summed E-state index contributed by atoms with van der Waals surface area (Å²) in [4.78, 5) is 3.99. The zero-order chi connectivity index (χ0) is 8.27. The van der Waals surface area contributed by atoms with Crippen molar-refractivity contribution in [3.63, 3.8) is 0 Å². The molecule has 0 spiro atoms. The number of nitrogens with two attached hydrogens (primary N) is 1. The van der Waals surface area contributed by atoms with E-state index < -0.39 is 0 Å². The Balaban J connectivity index is 3.12. The second kappa shape index (κ2) is 3.01. The number of nitrogens with one attached hydrogen (secondary N) is 2. The summed E-state index contributed by atoms with van der Waals surface area (Å²) in [5, 5.41) is 10.0. The molecule has 1 heterocycles. The average molecular weight is 150 g/mol. The maximum absolute atomic E-state index is 7.18. The van der Waals surface area contributed by atoms with E-state index in [0.29, 0.717) is 11.4 Å². The summed E-state index contributed by atoms with van der Waals surface area (Å²) in [6.07, 6.45) is 1.65. The molecule has 0 aliphatic carbocycles. The summed E-state index contributed by atoms with van der Waals surface area (Å²) in [6.45, 7) is 0. The standard InChI is InChI=1S/C7H10N4/c1-10-7-5(6(8)9)3-2-4-11-7/h2-4H,1H3,(H3,8,9)(H,10,11). The van der Waals surface area contributed by atoms with Gasteiger partial charge in [0.15, 0.2) is 0 Å². The highest BCUT2D eigenvalue weighted by atomic mass is 15.0. The lowest BCUT2D eigenvalue weighted by molar-refractivity contribution is 1.26. The number of amidine groups is 1. The van der Waals surface area contributed by atoms with Gasteiger partial charge in [-0.1, -0.05) is 0 Å². The molecule has 11 heavy (non-hydrogen) atoms. The van der Waals surface area contributed by atoms with Gasteiger partial charge < -0.3 is 11.1 Å². The molecule has 4 N–H and O–H groups in total. The van der Waals surface area contributed by atoms with Crippen molar-refractivity contribution >= 4 is 11.7 Å². The molecule has 1 aromatic heterocycles. The first-order chi connectivity index (χ1) is 5.25. The first kappa shape index (κ1) is 7.53. The van der Waals surface area contributed by atoms with E-state index in [9.17, 15) is 0 Å². The van der Waals surface area contributed by atoms with Crippen LogP contribution in [0.5, 0.6) is 0 Å². The first-order valence-electron chi connectivity index (χ1n) is 3.23. The molecule has 0 saturated heterocycles. The number of pyridine rings is 1. The summed E-state index contributed by atoms with van der Waals surface area (Å²) in [5.41, 5.74) is 5.93. The largest absolute Gasteiger partial charge is 0.384 e. The van der Waals surface area contributed by atoms with Crippen LogP contribution in [-0.4, -0.2) is 17.9 Å². The number of hydrogen-bond acceptors (Lipinski definition) is 3. The highest BCUT2D eigenvalue weighted by Gasteiger charge is 2.01. The third-order valence-electron chi connectivity index (χ3n) is 1.33. The molecule has 0 unspecified atom stereocenters. The summed E-state index contributed by atoms with van der Waals surface area (Å²) in [5.74, 6) is 0.669. The predicted molar refractivity (Wildman–Crippen MR) is 44.8 cm³/mol. The molecule has 58 valence electrons. The molecule has 4 heteroatoms. The zero-order valence-electron chi connectivity index (χ0n) is 6.26. The van der Waals surface area contributed by atoms with E-state index in [2.05, 4.69) is 10.3 Å². The minimum Gasteiger partial charge on any atom is -0.384 e. The zero-order valence-corrected chi connectivity index (χ0v) is 6.26. The van der Waals surface area contributed by atoms with Crippen molar-refractivity contribution in [2.24, 2.45) is 5.73 Å². The Labute approximate surface area is 65.0 Å². The van der Waals surface area contributed by atoms with Gasteiger partial charge in [-0.3, -0.25) is 5.41 Å². The van der Waals surface area contributed by atoms with Gasteiger partial charge in [-0.2, -0.15) is 0 Å². The summed E-state index contributed by atoms with van der Waals surface area (Å²) < 4.78 is 0. The van der Waals surface area contributed by atoms with Gasteiger partial charge in [0.2, 0.25) is 0 Å². The van der Waals surface area contributed by atoms with Crippen molar-refractivity contribution < 1.29 is 0 Å². The highest BCUT2D eigenvalue weighted by molar-refractivity contribution is 5.99. The van der Waals surface area contributed by atoms with Crippen molar-refractivity contribution in [1.29, 1.82) is 5.41 Å². The normalized spacial score (nSPS) is 9.18. The summed E-state index contributed by atoms with van der Waals surface area (Å²) in [6, 6.07) is 3.50. The summed E-state index contributed by atoms with van der Waals surface area (Å²) >= 11 is 0. The van der Waals surface area contributed by atoms with E-state index in [1.165, 1.54) is 0 Å². The van der Waals surface area contributed by atoms with Crippen LogP contribution in [0.4, 0.5) is 5.82 Å². The van der Waals surface area contributed by atoms with Crippen LogP contribution < -0.4 is 11.1 Å². The molecule has 0 atom stereocenters. The van der Waals surface area contributed by atoms with Crippen LogP contribution in [0.25, 0.3) is 0 Å². The van der Waals surface area contributed by atoms with E-state index in [4.69, 9.17) is 11.1 Å². The number of aromatic nitrogens is 1. The lowest BCUT2D eigenvalue weighted by Crippen LogP contribution is -2.14. The molecule has 1 rings (SSSR count). The van der Waals surface area contributed by atoms with Crippen molar-refractivity contribution in [3.8, 4) is 0 Å². The van der Waals surface area contributed by atoms with Crippen LogP contribution in [0, 0.1) is 5.41 Å². The van der Waals surface area contributed by atoms with Crippen molar-refractivity contribution in [1.82, 2.24) is 4.98 Å². The average Bonchev–Trinajstić information content (AvgIpc) is 2.04. The lowest BCUT2D eigenvalue weighted by atomic mass is 10.2. The van der Waals surface area contributed by atoms with E-state index in [1.807, 2.05) is 0 Å². The van der Waals surface area contributed by atoms with E-state index in [1.54, 1.807) is 25.4 Å². The van der Waals surface area contributed by atoms with Gasteiger partial charge in [0.25, 0.3) is 0 Å². The van der Waals surface area contributed by atoms with E-state index in [-0.39, 0.29) is 5.84 Å². The van der Waals surface area contributed by atoms with Gasteiger partial charge in [0.05, 0.1) is 5.56 Å². The molecule has 1 aromatic rings. The Bertz CT molecular complexity index is 269. The minimum absolute atomic E-state index is 0.0300. The molecule has 0 fully saturated rings. The van der Waals surface area contributed by atoms with Crippen molar-refractivity contribution in [3.05, 3.63) is 23.9 Å². The second-order valence-corrected chi connectivity index (χ2v) is 2.06. The smallest absolute Gasteiger partial charge is 0.136 e. The Kier molecular flexibility index (Phi) is 2.06. The van der Waals surface area contributed by atoms with Gasteiger partial charge in [0.1, 0.15) is 11.7 Å². The number of nitrogen functional groups attached to an aromatic ring is 1. The quantitative estimate of drug-likeness (QED) is 0.422. The van der Waals surface area contributed by atoms with E-state index >= 15 is 0 Å². The van der Waals surface area contributed by atoms with E-state index in [0.717, 1.165) is 0 Å². The number of anilines is 1. The number of rotatable bonds is 2. The Morgan fingerprint density at radius 1 is 1.73 bits per heavy atom. The number of nitrogens with zero attached hydrogens (tertiary/aromatic N) is 1. The van der Waals surface area contributed by atoms with Gasteiger partial charge in [0, 0.05) is 13.2 Å². The van der Waals surface area contributed by atoms with Crippen LogP contribution >= 0.6 is 0 Å². The van der Waals surface area contributed by atoms with Crippen LogP contribution in [0.3, 0.4) is 0 Å². The SMILES string of the molecule is CNc1ncccc1C(=N)N. The fourth-order valence-electron chi connectivity index (χ4n) is 0.822. The maximum Gasteiger partial charge on any atom is 0.136 e. The van der Waals surface area contributed by atoms with Crippen LogP contribution in [0.15, 0.2) is 18.3 Å². The van der Waals surface area contributed by atoms with Crippen molar-refractivity contribution in [2.45, 2.75) is 0 Å². The first-order valence-corrected chi connectivity index (χ1v) is 3.23. The molecule has 0 aromatic carbocycles. The maximum atomic E-state index is 7.18. The third kappa shape index (κ3) is 1.46. The Hall–Kier alpha value is -1.58. The second-order valence-electron chi connectivity index (χ2n) is 2.06. The van der Waals surface area contributed by atoms with Gasteiger partial charge in [-0.15, -0.1) is 0 Å². The van der Waals surface area contributed by atoms with Crippen LogP contribution in [0.1, 0.15) is 5.56 Å². The molecular formula is C7H10N4. The van der Waals surface area contributed by atoms with Gasteiger partial charge in [-0.25, -0.2) is 4.98 Å². The van der Waals surface area contributed by atoms with Crippen LogP contribution in [-0.2, 0) is 0 Å². The Morgan fingerprint density at radius 2 is 2.45 bits per heavy atom. The fraction of sp³-hybridized carbons (Fsp3) is 0.143. The van der Waals surface area contributed by atoms with Crippen molar-refractivity contribution in [2.75, 3.05) is 12.4 Å². The highest BCUT2D eigenvalue weighted by Crippen LogP contribution is 2.08. The summed E-state index contributed by atoms with van der Waals surface area (Å²) in [7, 11) is 1.74. The van der Waals surface area contributed by atoms with Gasteiger partial charge in [-0.05, 0) is 12.1 Å². The molecule has 0 aliphatic rings. The molecule has 0 bridgehead atoms. The Morgan fingerprint density at radius 3 is 2.91 bits per heavy atom. The molecular weight excluding hydrogens is 140 g/mol. The minimum atomic E-state index is 0.0300. The molecule has 0 amide bonds. The molecule has 0 radical (unpaired) electrons. The fourth-order valence-corrected chi connectivity index (χ4v) is 0.822. The molecule has 0 saturated carbocycles. The van der Waals surface area contributed by atoms with Crippen LogP contribution in [0.2, 0.25) is 0 Å². The van der Waals surface area contributed by atoms with Gasteiger partial charge >= 0.3 is 0 Å². The topological polar surface area (TPSA) is 74.8 Å². The monoisotopic (exact) mass is 150 g/mol. The molecule has 0 aliphatic heterocycles. The molecule has 4 nitrogen and oxygen atoms in total. The lowest BCUT2D eigenvalue weighted by Gasteiger charge is -2.04. The number of hydrogen-bond donors (Lipinski definition) is 3. The third-order valence-corrected chi connectivity index (χ3v) is 1.33.